The van der Waals surface area contributed by atoms with E-state index in [0.717, 1.165) is 0 Å². The number of hydrogen-bond acceptors (Lipinski definition) is 4. The fourth-order valence-electron chi connectivity index (χ4n) is 1.93. The molecule has 116 valence electrons. The summed E-state index contributed by atoms with van der Waals surface area (Å²) in [5.41, 5.74) is 0. The Labute approximate surface area is 126 Å². The topological polar surface area (TPSA) is 52.6 Å². The second-order valence-electron chi connectivity index (χ2n) is 4.47. The molecule has 0 bridgehead atoms. The predicted octanol–water partition coefficient (Wildman–Crippen LogP) is 3.22. The minimum absolute atomic E-state index is 0.328. The maximum atomic E-state index is 11.8. The van der Waals surface area contributed by atoms with E-state index in [1.807, 2.05) is 12.2 Å². The summed E-state index contributed by atoms with van der Waals surface area (Å²) >= 11 is 0. The molecule has 0 rings (SSSR count). The van der Waals surface area contributed by atoms with Gasteiger partial charge in [-0.1, -0.05) is 49.6 Å². The average Bonchev–Trinajstić information content (AvgIpc) is 2.51. The van der Waals surface area contributed by atoms with E-state index < -0.39 is 0 Å². The van der Waals surface area contributed by atoms with Crippen molar-refractivity contribution >= 4 is 11.9 Å². The number of carbonyl (C=O) groups is 2. The van der Waals surface area contributed by atoms with Gasteiger partial charge in [-0.05, 0) is 19.3 Å². The van der Waals surface area contributed by atoms with E-state index in [9.17, 15) is 9.59 Å². The number of ether oxygens (including phenoxy) is 2. The predicted molar refractivity (Wildman–Crippen MR) is 83.5 cm³/mol. The Bertz CT molecular complexity index is 369. The van der Waals surface area contributed by atoms with E-state index in [4.69, 9.17) is 9.47 Å². The van der Waals surface area contributed by atoms with Crippen molar-refractivity contribution < 1.29 is 19.1 Å². The Kier molecular flexibility index (Phi) is 10.5. The van der Waals surface area contributed by atoms with E-state index in [-0.39, 0.29) is 23.8 Å². The lowest BCUT2D eigenvalue weighted by Gasteiger charge is -2.18. The molecule has 0 saturated heterocycles. The molecule has 0 aliphatic heterocycles. The van der Waals surface area contributed by atoms with Crippen LogP contribution in [0.5, 0.6) is 0 Å². The van der Waals surface area contributed by atoms with Crippen molar-refractivity contribution in [2.45, 2.75) is 19.3 Å². The van der Waals surface area contributed by atoms with Gasteiger partial charge in [-0.2, -0.15) is 0 Å². The van der Waals surface area contributed by atoms with E-state index in [1.54, 1.807) is 24.3 Å². The average molecular weight is 292 g/mol. The molecule has 2 atom stereocenters. The highest BCUT2D eigenvalue weighted by Gasteiger charge is 2.27. The number of allylic oxidation sites excluding steroid dienone is 6. The highest BCUT2D eigenvalue weighted by Crippen LogP contribution is 2.22. The lowest BCUT2D eigenvalue weighted by molar-refractivity contribution is -0.149. The highest BCUT2D eigenvalue weighted by atomic mass is 16.5. The summed E-state index contributed by atoms with van der Waals surface area (Å²) in [7, 11) is 2.69. The molecular formula is C17H24O4. The van der Waals surface area contributed by atoms with Gasteiger partial charge in [0.1, 0.15) is 0 Å². The molecule has 0 aromatic heterocycles. The van der Waals surface area contributed by atoms with Crippen LogP contribution in [-0.4, -0.2) is 26.2 Å². The molecule has 0 heterocycles. The van der Waals surface area contributed by atoms with Gasteiger partial charge in [0, 0.05) is 0 Å². The van der Waals surface area contributed by atoms with Crippen molar-refractivity contribution in [1.29, 1.82) is 0 Å². The highest BCUT2D eigenvalue weighted by molar-refractivity contribution is 5.76. The zero-order chi connectivity index (χ0) is 16.1. The van der Waals surface area contributed by atoms with Crippen LogP contribution in [0, 0.1) is 11.8 Å². The molecule has 0 saturated carbocycles. The maximum Gasteiger partial charge on any atom is 0.308 e. The first-order chi connectivity index (χ1) is 10.1. The third kappa shape index (κ3) is 7.92. The smallest absolute Gasteiger partial charge is 0.308 e. The second kappa shape index (κ2) is 11.7. The van der Waals surface area contributed by atoms with Crippen molar-refractivity contribution in [2.24, 2.45) is 11.8 Å². The van der Waals surface area contributed by atoms with Crippen molar-refractivity contribution in [1.82, 2.24) is 0 Å². The Morgan fingerprint density at radius 3 is 1.57 bits per heavy atom. The summed E-state index contributed by atoms with van der Waals surface area (Å²) < 4.78 is 9.60. The van der Waals surface area contributed by atoms with Gasteiger partial charge in [0.25, 0.3) is 0 Å². The third-order valence-electron chi connectivity index (χ3n) is 3.02. The standard InChI is InChI=1S/C17H24O4/c1-5-7-9-11-14(16(18)20-3)13-15(17(19)21-4)12-10-8-6-2/h5-10,14-15H,1-2,11-13H2,3-4H3/b9-7+,10-8+. The van der Waals surface area contributed by atoms with Crippen LogP contribution in [-0.2, 0) is 19.1 Å². The fraction of sp³-hybridized carbons (Fsp3) is 0.412. The van der Waals surface area contributed by atoms with Gasteiger partial charge in [-0.15, -0.1) is 0 Å². The molecule has 0 spiro atoms. The summed E-state index contributed by atoms with van der Waals surface area (Å²) in [4.78, 5) is 23.6. The zero-order valence-corrected chi connectivity index (χ0v) is 12.8. The van der Waals surface area contributed by atoms with Crippen LogP contribution < -0.4 is 0 Å². The first-order valence-electron chi connectivity index (χ1n) is 6.81. The summed E-state index contributed by atoms with van der Waals surface area (Å²) in [5.74, 6) is -1.42. The summed E-state index contributed by atoms with van der Waals surface area (Å²) in [6.07, 6.45) is 11.8. The quantitative estimate of drug-likeness (QED) is 0.458. The zero-order valence-electron chi connectivity index (χ0n) is 12.8. The summed E-state index contributed by atoms with van der Waals surface area (Å²) in [5, 5.41) is 0. The van der Waals surface area contributed by atoms with Crippen LogP contribution in [0.3, 0.4) is 0 Å². The minimum Gasteiger partial charge on any atom is -0.469 e. The molecule has 0 aromatic rings. The SMILES string of the molecule is C=C/C=C/CC(CC(C/C=C/C=C)C(=O)OC)C(=O)OC. The molecular weight excluding hydrogens is 268 g/mol. The van der Waals surface area contributed by atoms with Gasteiger partial charge >= 0.3 is 11.9 Å². The molecule has 2 unspecified atom stereocenters. The number of esters is 2. The van der Waals surface area contributed by atoms with Gasteiger partial charge < -0.3 is 9.47 Å². The Balaban J connectivity index is 4.90. The summed E-state index contributed by atoms with van der Waals surface area (Å²) in [6, 6.07) is 0. The number of methoxy groups -OCH3 is 2. The van der Waals surface area contributed by atoms with Crippen LogP contribution in [0.15, 0.2) is 49.6 Å². The fourth-order valence-corrected chi connectivity index (χ4v) is 1.93. The lowest BCUT2D eigenvalue weighted by atomic mass is 9.89. The van der Waals surface area contributed by atoms with E-state index in [2.05, 4.69) is 13.2 Å². The van der Waals surface area contributed by atoms with Gasteiger partial charge in [0.05, 0.1) is 26.1 Å². The summed E-state index contributed by atoms with van der Waals surface area (Å²) in [6.45, 7) is 7.16. The molecule has 0 N–H and O–H groups in total. The molecule has 4 nitrogen and oxygen atoms in total. The Hall–Kier alpha value is -2.10. The van der Waals surface area contributed by atoms with Crippen molar-refractivity contribution in [3.8, 4) is 0 Å². The lowest BCUT2D eigenvalue weighted by Crippen LogP contribution is -2.24. The first-order valence-corrected chi connectivity index (χ1v) is 6.81. The van der Waals surface area contributed by atoms with E-state index >= 15 is 0 Å². The normalized spacial score (nSPS) is 13.8. The van der Waals surface area contributed by atoms with Crippen LogP contribution >= 0.6 is 0 Å². The molecule has 0 fully saturated rings. The van der Waals surface area contributed by atoms with Gasteiger partial charge in [-0.25, -0.2) is 0 Å². The first kappa shape index (κ1) is 18.9. The Morgan fingerprint density at radius 2 is 1.29 bits per heavy atom. The Morgan fingerprint density at radius 1 is 0.905 bits per heavy atom. The van der Waals surface area contributed by atoms with Crippen LogP contribution in [0.2, 0.25) is 0 Å². The third-order valence-corrected chi connectivity index (χ3v) is 3.02. The van der Waals surface area contributed by atoms with E-state index in [1.165, 1.54) is 14.2 Å². The van der Waals surface area contributed by atoms with Gasteiger partial charge in [0.15, 0.2) is 0 Å². The van der Waals surface area contributed by atoms with Gasteiger partial charge in [0.2, 0.25) is 0 Å². The largest absolute Gasteiger partial charge is 0.469 e. The van der Waals surface area contributed by atoms with Crippen molar-refractivity contribution in [3.05, 3.63) is 49.6 Å². The molecule has 0 radical (unpaired) electrons. The molecule has 0 aliphatic carbocycles. The maximum absolute atomic E-state index is 11.8. The van der Waals surface area contributed by atoms with Crippen molar-refractivity contribution in [3.63, 3.8) is 0 Å². The molecule has 0 amide bonds. The molecule has 4 heteroatoms. The minimum atomic E-state index is -0.382. The molecule has 0 aliphatic rings. The number of hydrogen-bond donors (Lipinski definition) is 0. The molecule has 21 heavy (non-hydrogen) atoms. The second-order valence-corrected chi connectivity index (χ2v) is 4.47. The molecule has 0 aromatic carbocycles. The van der Waals surface area contributed by atoms with Crippen LogP contribution in [0.4, 0.5) is 0 Å². The van der Waals surface area contributed by atoms with E-state index in [0.29, 0.717) is 19.3 Å². The van der Waals surface area contributed by atoms with Gasteiger partial charge in [-0.3, -0.25) is 9.59 Å². The monoisotopic (exact) mass is 292 g/mol. The van der Waals surface area contributed by atoms with Crippen molar-refractivity contribution in [2.75, 3.05) is 14.2 Å². The number of rotatable bonds is 10. The van der Waals surface area contributed by atoms with Crippen LogP contribution in [0.1, 0.15) is 19.3 Å². The van der Waals surface area contributed by atoms with Crippen LogP contribution in [0.25, 0.3) is 0 Å². The number of carbonyl (C=O) groups excluding carboxylic acids is 2.